The highest BCUT2D eigenvalue weighted by molar-refractivity contribution is 6.30. The van der Waals surface area contributed by atoms with Crippen LogP contribution in [0.25, 0.3) is 0 Å². The first-order chi connectivity index (χ1) is 12.4. The molecule has 1 amide bonds. The number of hydrogen-bond donors (Lipinski definition) is 1. The van der Waals surface area contributed by atoms with Crippen molar-refractivity contribution in [1.29, 1.82) is 0 Å². The van der Waals surface area contributed by atoms with Crippen LogP contribution in [0.1, 0.15) is 5.56 Å². The molecule has 2 aromatic rings. The third kappa shape index (κ3) is 6.94. The average Bonchev–Trinajstić information content (AvgIpc) is 2.62. The highest BCUT2D eigenvalue weighted by atomic mass is 35.5. The standard InChI is InChI=1S/C20H26ClN3O2/c1-23(2)18-8-4-16(5-9-18)14-22-20(25)15-24(3)12-13-26-19-10-6-17(21)7-11-19/h4-11H,12-15H2,1-3H3,(H,22,25). The van der Waals surface area contributed by atoms with E-state index in [9.17, 15) is 4.79 Å². The SMILES string of the molecule is CN(CCOc1ccc(Cl)cc1)CC(=O)NCc1ccc(N(C)C)cc1. The van der Waals surface area contributed by atoms with Crippen molar-refractivity contribution in [3.8, 4) is 5.75 Å². The molecule has 5 nitrogen and oxygen atoms in total. The number of likely N-dealkylation sites (N-methyl/N-ethyl adjacent to an activating group) is 1. The zero-order valence-electron chi connectivity index (χ0n) is 15.5. The number of carbonyl (C=O) groups excluding carboxylic acids is 1. The lowest BCUT2D eigenvalue weighted by Gasteiger charge is -2.17. The molecule has 1 N–H and O–H groups in total. The number of nitrogens with one attached hydrogen (secondary N) is 1. The van der Waals surface area contributed by atoms with Gasteiger partial charge in [-0.25, -0.2) is 0 Å². The van der Waals surface area contributed by atoms with Gasteiger partial charge in [0.25, 0.3) is 0 Å². The van der Waals surface area contributed by atoms with Crippen molar-refractivity contribution in [3.05, 3.63) is 59.1 Å². The Morgan fingerprint density at radius 3 is 2.31 bits per heavy atom. The molecule has 0 aromatic heterocycles. The number of ether oxygens (including phenoxy) is 1. The van der Waals surface area contributed by atoms with E-state index >= 15 is 0 Å². The zero-order chi connectivity index (χ0) is 18.9. The molecule has 140 valence electrons. The highest BCUT2D eigenvalue weighted by Crippen LogP contribution is 2.15. The fraction of sp³-hybridized carbons (Fsp3) is 0.350. The van der Waals surface area contributed by atoms with Crippen LogP contribution in [0.2, 0.25) is 5.02 Å². The molecular weight excluding hydrogens is 350 g/mol. The molecule has 2 aromatic carbocycles. The molecular formula is C20H26ClN3O2. The fourth-order valence-electron chi connectivity index (χ4n) is 2.34. The van der Waals surface area contributed by atoms with Gasteiger partial charge in [0, 0.05) is 37.9 Å². The van der Waals surface area contributed by atoms with Gasteiger partial charge in [-0.1, -0.05) is 23.7 Å². The third-order valence-corrected chi connectivity index (χ3v) is 4.16. The predicted molar refractivity (Wildman–Crippen MR) is 107 cm³/mol. The van der Waals surface area contributed by atoms with E-state index in [2.05, 4.69) is 5.32 Å². The molecule has 0 aliphatic heterocycles. The number of benzene rings is 2. The molecule has 0 spiro atoms. The smallest absolute Gasteiger partial charge is 0.234 e. The maximum Gasteiger partial charge on any atom is 0.234 e. The average molecular weight is 376 g/mol. The third-order valence-electron chi connectivity index (χ3n) is 3.91. The second-order valence-electron chi connectivity index (χ2n) is 6.38. The Morgan fingerprint density at radius 2 is 1.69 bits per heavy atom. The van der Waals surface area contributed by atoms with Crippen LogP contribution in [0.15, 0.2) is 48.5 Å². The topological polar surface area (TPSA) is 44.8 Å². The molecule has 0 radical (unpaired) electrons. The number of nitrogens with zero attached hydrogens (tertiary/aromatic N) is 2. The van der Waals surface area contributed by atoms with Crippen molar-refractivity contribution < 1.29 is 9.53 Å². The molecule has 0 bridgehead atoms. The van der Waals surface area contributed by atoms with Crippen molar-refractivity contribution in [2.45, 2.75) is 6.54 Å². The van der Waals surface area contributed by atoms with Gasteiger partial charge < -0.3 is 15.0 Å². The van der Waals surface area contributed by atoms with Crippen LogP contribution in [0.3, 0.4) is 0 Å². The summed E-state index contributed by atoms with van der Waals surface area (Å²) in [5, 5.41) is 3.63. The van der Waals surface area contributed by atoms with Crippen molar-refractivity contribution >= 4 is 23.2 Å². The summed E-state index contributed by atoms with van der Waals surface area (Å²) in [6, 6.07) is 15.4. The van der Waals surface area contributed by atoms with Crippen molar-refractivity contribution in [2.24, 2.45) is 0 Å². The van der Waals surface area contributed by atoms with Crippen LogP contribution >= 0.6 is 11.6 Å². The van der Waals surface area contributed by atoms with Crippen molar-refractivity contribution in [2.75, 3.05) is 45.7 Å². The molecule has 6 heteroatoms. The maximum atomic E-state index is 12.1. The van der Waals surface area contributed by atoms with E-state index in [-0.39, 0.29) is 5.91 Å². The molecule has 0 aliphatic carbocycles. The van der Waals surface area contributed by atoms with Crippen LogP contribution in [0.5, 0.6) is 5.75 Å². The van der Waals surface area contributed by atoms with E-state index in [0.717, 1.165) is 17.0 Å². The molecule has 2 rings (SSSR count). The van der Waals surface area contributed by atoms with Gasteiger partial charge in [-0.2, -0.15) is 0 Å². The van der Waals surface area contributed by atoms with E-state index in [0.29, 0.717) is 31.3 Å². The first-order valence-electron chi connectivity index (χ1n) is 8.54. The first-order valence-corrected chi connectivity index (χ1v) is 8.91. The number of anilines is 1. The summed E-state index contributed by atoms with van der Waals surface area (Å²) in [6.45, 7) is 2.03. The van der Waals surface area contributed by atoms with Gasteiger partial charge >= 0.3 is 0 Å². The quantitative estimate of drug-likeness (QED) is 0.731. The van der Waals surface area contributed by atoms with Crippen LogP contribution in [0, 0.1) is 0 Å². The van der Waals surface area contributed by atoms with E-state index in [4.69, 9.17) is 16.3 Å². The minimum Gasteiger partial charge on any atom is -0.492 e. The van der Waals surface area contributed by atoms with E-state index < -0.39 is 0 Å². The molecule has 0 saturated carbocycles. The minimum atomic E-state index is -0.00400. The molecule has 26 heavy (non-hydrogen) atoms. The molecule has 0 fully saturated rings. The van der Waals surface area contributed by atoms with Crippen LogP contribution in [-0.4, -0.2) is 51.6 Å². The van der Waals surface area contributed by atoms with Gasteiger partial charge in [0.05, 0.1) is 6.54 Å². The Balaban J connectivity index is 1.65. The molecule has 0 unspecified atom stereocenters. The summed E-state index contributed by atoms with van der Waals surface area (Å²) in [6.07, 6.45) is 0. The Bertz CT molecular complexity index is 687. The monoisotopic (exact) mass is 375 g/mol. The largest absolute Gasteiger partial charge is 0.492 e. The van der Waals surface area contributed by atoms with Crippen molar-refractivity contribution in [1.82, 2.24) is 10.2 Å². The van der Waals surface area contributed by atoms with E-state index in [1.165, 1.54) is 0 Å². The number of hydrogen-bond acceptors (Lipinski definition) is 4. The minimum absolute atomic E-state index is 0.00400. The van der Waals surface area contributed by atoms with Crippen LogP contribution < -0.4 is 15.0 Å². The lowest BCUT2D eigenvalue weighted by molar-refractivity contribution is -0.122. The van der Waals surface area contributed by atoms with Crippen LogP contribution in [0.4, 0.5) is 5.69 Å². The summed E-state index contributed by atoms with van der Waals surface area (Å²) >= 11 is 5.84. The Morgan fingerprint density at radius 1 is 1.04 bits per heavy atom. The zero-order valence-corrected chi connectivity index (χ0v) is 16.3. The summed E-state index contributed by atoms with van der Waals surface area (Å²) in [5.41, 5.74) is 2.22. The second-order valence-corrected chi connectivity index (χ2v) is 6.81. The summed E-state index contributed by atoms with van der Waals surface area (Å²) in [4.78, 5) is 16.0. The number of rotatable bonds is 9. The van der Waals surface area contributed by atoms with Gasteiger partial charge in [-0.3, -0.25) is 9.69 Å². The fourth-order valence-corrected chi connectivity index (χ4v) is 2.47. The molecule has 0 heterocycles. The summed E-state index contributed by atoms with van der Waals surface area (Å²) in [7, 11) is 5.91. The normalized spacial score (nSPS) is 10.7. The Hall–Kier alpha value is -2.24. The van der Waals surface area contributed by atoms with Gasteiger partial charge in [0.1, 0.15) is 12.4 Å². The first kappa shape index (κ1) is 20.1. The summed E-state index contributed by atoms with van der Waals surface area (Å²) < 4.78 is 5.64. The molecule has 0 saturated heterocycles. The summed E-state index contributed by atoms with van der Waals surface area (Å²) in [5.74, 6) is 0.768. The van der Waals surface area contributed by atoms with Gasteiger partial charge in [-0.15, -0.1) is 0 Å². The van der Waals surface area contributed by atoms with Gasteiger partial charge in [0.15, 0.2) is 0 Å². The van der Waals surface area contributed by atoms with Crippen molar-refractivity contribution in [3.63, 3.8) is 0 Å². The number of carbonyl (C=O) groups is 1. The maximum absolute atomic E-state index is 12.1. The van der Waals surface area contributed by atoms with E-state index in [1.807, 2.05) is 67.3 Å². The van der Waals surface area contributed by atoms with Crippen LogP contribution in [-0.2, 0) is 11.3 Å². The predicted octanol–water partition coefficient (Wildman–Crippen LogP) is 3.03. The lowest BCUT2D eigenvalue weighted by Crippen LogP contribution is -2.36. The molecule has 0 aliphatic rings. The Kier molecular flexibility index (Phi) is 7.75. The lowest BCUT2D eigenvalue weighted by atomic mass is 10.2. The molecule has 0 atom stereocenters. The van der Waals surface area contributed by atoms with E-state index in [1.54, 1.807) is 12.1 Å². The number of halogens is 1. The van der Waals surface area contributed by atoms with Gasteiger partial charge in [0.2, 0.25) is 5.91 Å². The number of amides is 1. The highest BCUT2D eigenvalue weighted by Gasteiger charge is 2.07. The second kappa shape index (κ2) is 10.0. The van der Waals surface area contributed by atoms with Gasteiger partial charge in [-0.05, 0) is 49.0 Å². The Labute approximate surface area is 160 Å².